The van der Waals surface area contributed by atoms with Gasteiger partial charge in [-0.3, -0.25) is 0 Å². The fourth-order valence-electron chi connectivity index (χ4n) is 5.43. The van der Waals surface area contributed by atoms with Crippen LogP contribution in [-0.4, -0.2) is 56.1 Å². The average molecular weight is 523 g/mol. The number of rotatable bonds is 8. The molecule has 4 aliphatic rings. The number of hydrogen-bond donors (Lipinski definition) is 4. The third kappa shape index (κ3) is 6.63. The third-order valence-electron chi connectivity index (χ3n) is 7.56. The van der Waals surface area contributed by atoms with Gasteiger partial charge in [0.2, 0.25) is 0 Å². The number of alkyl halides is 1. The maximum Gasteiger partial charge on any atom is 0.160 e. The number of ether oxygens (including phenoxy) is 2. The fourth-order valence-corrected chi connectivity index (χ4v) is 6.06. The van der Waals surface area contributed by atoms with Crippen molar-refractivity contribution in [3.8, 4) is 0 Å². The van der Waals surface area contributed by atoms with Crippen molar-refractivity contribution in [1.29, 1.82) is 0 Å². The van der Waals surface area contributed by atoms with Crippen LogP contribution in [0.15, 0.2) is 36.3 Å². The Balaban J connectivity index is 1.16. The van der Waals surface area contributed by atoms with E-state index in [1.165, 1.54) is 0 Å². The quantitative estimate of drug-likeness (QED) is 0.301. The minimum absolute atomic E-state index is 0.395. The molecule has 0 spiro atoms. The van der Waals surface area contributed by atoms with E-state index >= 15 is 0 Å². The third-order valence-corrected chi connectivity index (χ3v) is 8.28. The van der Waals surface area contributed by atoms with Crippen LogP contribution in [0.4, 0.5) is 5.82 Å². The Hall–Kier alpha value is -1.51. The zero-order valence-corrected chi connectivity index (χ0v) is 21.7. The van der Waals surface area contributed by atoms with Crippen molar-refractivity contribution in [2.45, 2.75) is 68.1 Å². The lowest BCUT2D eigenvalue weighted by Gasteiger charge is -2.33. The molecule has 2 saturated heterocycles. The first kappa shape index (κ1) is 25.2. The zero-order chi connectivity index (χ0) is 24.1. The first-order valence-electron chi connectivity index (χ1n) is 13.0. The monoisotopic (exact) mass is 521 g/mol. The number of pyridine rings is 1. The molecular formula is C26H37Cl2N5O2. The molecular weight excluding hydrogens is 485 g/mol. The van der Waals surface area contributed by atoms with Crippen LogP contribution in [0.5, 0.6) is 0 Å². The number of dihydropyridines is 1. The van der Waals surface area contributed by atoms with Crippen molar-refractivity contribution in [3.05, 3.63) is 46.9 Å². The summed E-state index contributed by atoms with van der Waals surface area (Å²) in [7, 11) is 0. The summed E-state index contributed by atoms with van der Waals surface area (Å²) in [4.78, 5) is 3.61. The number of allylic oxidation sites excluding steroid dienone is 2. The highest BCUT2D eigenvalue weighted by atomic mass is 35.5. The molecule has 0 bridgehead atoms. The highest BCUT2D eigenvalue weighted by Crippen LogP contribution is 2.37. The summed E-state index contributed by atoms with van der Waals surface area (Å²) in [6, 6.07) is 3.47. The topological polar surface area (TPSA) is 79.5 Å². The van der Waals surface area contributed by atoms with Crippen molar-refractivity contribution < 1.29 is 9.47 Å². The van der Waals surface area contributed by atoms with Crippen LogP contribution < -0.4 is 21.3 Å². The van der Waals surface area contributed by atoms with Gasteiger partial charge in [-0.15, -0.1) is 0 Å². The molecule has 5 rings (SSSR count). The number of hydrogen-bond acceptors (Lipinski definition) is 7. The van der Waals surface area contributed by atoms with Crippen molar-refractivity contribution >= 4 is 29.0 Å². The van der Waals surface area contributed by atoms with Crippen molar-refractivity contribution in [2.75, 3.05) is 38.3 Å². The summed E-state index contributed by atoms with van der Waals surface area (Å²) in [5.74, 6) is 2.32. The van der Waals surface area contributed by atoms with Gasteiger partial charge in [-0.05, 0) is 69.1 Å². The maximum absolute atomic E-state index is 7.08. The van der Waals surface area contributed by atoms with Crippen molar-refractivity contribution in [3.63, 3.8) is 0 Å². The molecule has 1 aromatic rings. The molecule has 3 fully saturated rings. The largest absolute Gasteiger partial charge is 0.381 e. The predicted molar refractivity (Wildman–Crippen MR) is 141 cm³/mol. The molecule has 2 atom stereocenters. The van der Waals surface area contributed by atoms with E-state index in [1.54, 1.807) is 6.20 Å². The van der Waals surface area contributed by atoms with E-state index in [0.29, 0.717) is 29.1 Å². The van der Waals surface area contributed by atoms with Crippen LogP contribution in [0.2, 0.25) is 5.02 Å². The van der Waals surface area contributed by atoms with Crippen molar-refractivity contribution in [2.24, 2.45) is 5.92 Å². The van der Waals surface area contributed by atoms with Gasteiger partial charge < -0.3 is 30.7 Å². The molecule has 4 heterocycles. The van der Waals surface area contributed by atoms with Gasteiger partial charge in [0.25, 0.3) is 0 Å². The first-order valence-corrected chi connectivity index (χ1v) is 13.8. The summed E-state index contributed by atoms with van der Waals surface area (Å²) in [5.41, 5.74) is 0.796. The van der Waals surface area contributed by atoms with E-state index in [0.717, 1.165) is 95.1 Å². The number of anilines is 1. The molecule has 0 radical (unpaired) electrons. The Morgan fingerprint density at radius 3 is 2.54 bits per heavy atom. The zero-order valence-electron chi connectivity index (χ0n) is 20.2. The summed E-state index contributed by atoms with van der Waals surface area (Å²) < 4.78 is 11.0. The van der Waals surface area contributed by atoms with Crippen LogP contribution in [-0.2, 0) is 14.5 Å². The van der Waals surface area contributed by atoms with Gasteiger partial charge in [0.05, 0.1) is 11.6 Å². The Bertz CT molecular complexity index is 909. The Labute approximate surface area is 218 Å². The molecule has 35 heavy (non-hydrogen) atoms. The lowest BCUT2D eigenvalue weighted by Crippen LogP contribution is -2.43. The summed E-state index contributed by atoms with van der Waals surface area (Å²) in [5, 5.41) is 14.9. The van der Waals surface area contributed by atoms with E-state index < -0.39 is 5.00 Å². The lowest BCUT2D eigenvalue weighted by molar-refractivity contribution is 0.0668. The second-order valence-corrected chi connectivity index (χ2v) is 11.2. The molecule has 192 valence electrons. The minimum Gasteiger partial charge on any atom is -0.381 e. The Kier molecular flexibility index (Phi) is 8.40. The van der Waals surface area contributed by atoms with Gasteiger partial charge in [0.15, 0.2) is 5.00 Å². The normalized spacial score (nSPS) is 31.6. The molecule has 4 N–H and O–H groups in total. The van der Waals surface area contributed by atoms with Crippen LogP contribution in [0.3, 0.4) is 0 Å². The van der Waals surface area contributed by atoms with E-state index in [-0.39, 0.29) is 0 Å². The molecule has 1 saturated carbocycles. The second kappa shape index (κ2) is 11.7. The number of halogens is 2. The van der Waals surface area contributed by atoms with Crippen molar-refractivity contribution in [1.82, 2.24) is 20.9 Å². The molecule has 1 aromatic heterocycles. The molecule has 3 aliphatic heterocycles. The molecule has 9 heteroatoms. The number of nitrogens with zero attached hydrogens (tertiary/aromatic N) is 1. The number of aromatic nitrogens is 1. The molecule has 2 unspecified atom stereocenters. The predicted octanol–water partition coefficient (Wildman–Crippen LogP) is 4.25. The van der Waals surface area contributed by atoms with E-state index in [2.05, 4.69) is 26.3 Å². The van der Waals surface area contributed by atoms with Gasteiger partial charge in [0.1, 0.15) is 11.6 Å². The van der Waals surface area contributed by atoms with Crippen LogP contribution >= 0.6 is 23.2 Å². The smallest absolute Gasteiger partial charge is 0.160 e. The van der Waals surface area contributed by atoms with Crippen LogP contribution in [0, 0.1) is 5.92 Å². The van der Waals surface area contributed by atoms with E-state index in [1.807, 2.05) is 24.3 Å². The first-order chi connectivity index (χ1) is 17.1. The van der Waals surface area contributed by atoms with Gasteiger partial charge in [-0.1, -0.05) is 29.3 Å². The summed E-state index contributed by atoms with van der Waals surface area (Å²) in [6.45, 7) is 4.31. The van der Waals surface area contributed by atoms with Crippen LogP contribution in [0.25, 0.3) is 0 Å². The highest BCUT2D eigenvalue weighted by Gasteiger charge is 2.32. The fraction of sp³-hybridized carbons (Fsp3) is 0.654. The van der Waals surface area contributed by atoms with Gasteiger partial charge >= 0.3 is 0 Å². The molecule has 0 amide bonds. The van der Waals surface area contributed by atoms with Gasteiger partial charge in [0, 0.05) is 56.3 Å². The minimum atomic E-state index is -0.936. The standard InChI is InChI=1S/C26H37Cl2N5O2/c27-23-16-30-25(32-20-5-3-19(4-6-20)31-21-9-13-35-17-21)14-22(23)26(28)10-1-2-24(33-26)29-15-18-7-11-34-12-8-18/h1-2,10,14,16,18-21,29,31,33H,3-9,11-13,15,17H2,(H,30,32)/t19-,20-,21?,26?. The van der Waals surface area contributed by atoms with Gasteiger partial charge in [-0.25, -0.2) is 4.98 Å². The van der Waals surface area contributed by atoms with E-state index in [9.17, 15) is 0 Å². The SMILES string of the molecule is Clc1cnc(N[C@H]2CC[C@H](NC3CCOC3)CC2)cc1C1(Cl)C=CC=C(NCC2CCOCC2)N1. The molecule has 0 aromatic carbocycles. The molecule has 7 nitrogen and oxygen atoms in total. The second-order valence-electron chi connectivity index (χ2n) is 10.2. The average Bonchev–Trinajstić information content (AvgIpc) is 3.39. The number of nitrogens with one attached hydrogen (secondary N) is 4. The van der Waals surface area contributed by atoms with E-state index in [4.69, 9.17) is 32.7 Å². The Morgan fingerprint density at radius 1 is 1.00 bits per heavy atom. The summed E-state index contributed by atoms with van der Waals surface area (Å²) in [6.07, 6.45) is 15.4. The molecule has 1 aliphatic carbocycles. The lowest BCUT2D eigenvalue weighted by atomic mass is 9.90. The summed E-state index contributed by atoms with van der Waals surface area (Å²) >= 11 is 13.7. The maximum atomic E-state index is 7.08. The Morgan fingerprint density at radius 2 is 1.77 bits per heavy atom. The highest BCUT2D eigenvalue weighted by molar-refractivity contribution is 6.33. The van der Waals surface area contributed by atoms with Gasteiger partial charge in [-0.2, -0.15) is 0 Å². The van der Waals surface area contributed by atoms with Crippen LogP contribution in [0.1, 0.15) is 50.5 Å².